The Kier molecular flexibility index (Phi) is 4.97. The van der Waals surface area contributed by atoms with Crippen molar-refractivity contribution in [3.63, 3.8) is 0 Å². The van der Waals surface area contributed by atoms with E-state index in [-0.39, 0.29) is 17.7 Å². The van der Waals surface area contributed by atoms with Gasteiger partial charge in [-0.25, -0.2) is 0 Å². The molecule has 1 fully saturated rings. The van der Waals surface area contributed by atoms with Crippen molar-refractivity contribution in [1.29, 1.82) is 0 Å². The second-order valence-corrected chi connectivity index (χ2v) is 7.33. The molecule has 2 heterocycles. The van der Waals surface area contributed by atoms with Crippen molar-refractivity contribution in [1.82, 2.24) is 9.80 Å². The summed E-state index contributed by atoms with van der Waals surface area (Å²) in [5.41, 5.74) is 0. The van der Waals surface area contributed by atoms with E-state index in [1.165, 1.54) is 0 Å². The zero-order valence-electron chi connectivity index (χ0n) is 13.9. The van der Waals surface area contributed by atoms with Gasteiger partial charge in [-0.15, -0.1) is 11.3 Å². The van der Waals surface area contributed by atoms with Crippen LogP contribution in [0, 0.1) is 5.92 Å². The molecular formula is C18H21N3O2S. The molecule has 0 saturated carbocycles. The van der Waals surface area contributed by atoms with Crippen LogP contribution in [0.4, 0.5) is 5.00 Å². The van der Waals surface area contributed by atoms with E-state index in [0.29, 0.717) is 13.1 Å². The van der Waals surface area contributed by atoms with Crippen molar-refractivity contribution in [2.24, 2.45) is 5.92 Å². The minimum atomic E-state index is -0.124. The number of thiophene rings is 1. The Morgan fingerprint density at radius 3 is 2.79 bits per heavy atom. The van der Waals surface area contributed by atoms with E-state index in [1.807, 2.05) is 55.4 Å². The van der Waals surface area contributed by atoms with Gasteiger partial charge in [-0.05, 0) is 31.6 Å². The van der Waals surface area contributed by atoms with Crippen molar-refractivity contribution < 1.29 is 9.59 Å². The number of nitrogens with one attached hydrogen (secondary N) is 1. The Morgan fingerprint density at radius 1 is 1.33 bits per heavy atom. The summed E-state index contributed by atoms with van der Waals surface area (Å²) in [7, 11) is 3.90. The van der Waals surface area contributed by atoms with Crippen LogP contribution in [0.5, 0.6) is 0 Å². The summed E-state index contributed by atoms with van der Waals surface area (Å²) in [6, 6.07) is 10.0. The van der Waals surface area contributed by atoms with Crippen molar-refractivity contribution in [3.8, 4) is 0 Å². The maximum atomic E-state index is 12.3. The van der Waals surface area contributed by atoms with Crippen LogP contribution >= 0.6 is 11.3 Å². The molecule has 24 heavy (non-hydrogen) atoms. The highest BCUT2D eigenvalue weighted by Gasteiger charge is 2.34. The molecule has 1 N–H and O–H groups in total. The van der Waals surface area contributed by atoms with Gasteiger partial charge in [0.1, 0.15) is 0 Å². The molecule has 0 aliphatic carbocycles. The van der Waals surface area contributed by atoms with E-state index in [0.717, 1.165) is 21.6 Å². The average molecular weight is 343 g/mol. The zero-order valence-corrected chi connectivity index (χ0v) is 14.7. The van der Waals surface area contributed by atoms with Crippen LogP contribution in [0.15, 0.2) is 42.5 Å². The van der Waals surface area contributed by atoms with Gasteiger partial charge in [0.05, 0.1) is 10.9 Å². The van der Waals surface area contributed by atoms with Crippen LogP contribution in [0.1, 0.15) is 0 Å². The summed E-state index contributed by atoms with van der Waals surface area (Å²) in [5.74, 6) is -0.160. The largest absolute Gasteiger partial charge is 0.337 e. The predicted molar refractivity (Wildman–Crippen MR) is 98.2 cm³/mol. The van der Waals surface area contributed by atoms with Crippen molar-refractivity contribution in [3.05, 3.63) is 42.5 Å². The van der Waals surface area contributed by atoms with Gasteiger partial charge in [0.2, 0.25) is 11.8 Å². The Balaban J connectivity index is 1.49. The lowest BCUT2D eigenvalue weighted by Gasteiger charge is -2.37. The molecule has 0 atom stereocenters. The number of likely N-dealkylation sites (tertiary alicyclic amines) is 1. The number of benzene rings is 1. The number of carbonyl (C=O) groups excluding carboxylic acids is 2. The van der Waals surface area contributed by atoms with Gasteiger partial charge in [-0.1, -0.05) is 24.3 Å². The lowest BCUT2D eigenvalue weighted by atomic mass is 9.99. The van der Waals surface area contributed by atoms with E-state index in [1.54, 1.807) is 22.3 Å². The molecule has 0 bridgehead atoms. The van der Waals surface area contributed by atoms with Crippen LogP contribution in [0.2, 0.25) is 0 Å². The van der Waals surface area contributed by atoms with Crippen molar-refractivity contribution in [2.75, 3.05) is 39.0 Å². The van der Waals surface area contributed by atoms with E-state index in [2.05, 4.69) is 5.32 Å². The van der Waals surface area contributed by atoms with Crippen molar-refractivity contribution >= 4 is 38.2 Å². The monoisotopic (exact) mass is 343 g/mol. The summed E-state index contributed by atoms with van der Waals surface area (Å²) in [4.78, 5) is 27.9. The first-order valence-corrected chi connectivity index (χ1v) is 8.74. The molecule has 2 amide bonds. The van der Waals surface area contributed by atoms with Gasteiger partial charge in [-0.3, -0.25) is 9.59 Å². The predicted octanol–water partition coefficient (Wildman–Crippen LogP) is 2.42. The number of hydrogen-bond acceptors (Lipinski definition) is 4. The first-order valence-electron chi connectivity index (χ1n) is 7.92. The first kappa shape index (κ1) is 16.7. The number of fused-ring (bicyclic) bond motifs is 1. The summed E-state index contributed by atoms with van der Waals surface area (Å²) in [5, 5.41) is 4.96. The second kappa shape index (κ2) is 7.15. The van der Waals surface area contributed by atoms with Crippen LogP contribution in [-0.2, 0) is 9.59 Å². The fourth-order valence-electron chi connectivity index (χ4n) is 2.56. The quantitative estimate of drug-likeness (QED) is 0.848. The molecule has 1 aromatic heterocycles. The van der Waals surface area contributed by atoms with Gasteiger partial charge in [0.15, 0.2) is 0 Å². The van der Waals surface area contributed by atoms with Gasteiger partial charge in [-0.2, -0.15) is 0 Å². The molecule has 0 spiro atoms. The van der Waals surface area contributed by atoms with E-state index >= 15 is 0 Å². The number of anilines is 1. The maximum Gasteiger partial charge on any atom is 0.246 e. The van der Waals surface area contributed by atoms with Gasteiger partial charge < -0.3 is 15.1 Å². The van der Waals surface area contributed by atoms with E-state index in [4.69, 9.17) is 0 Å². The molecule has 0 unspecified atom stereocenters. The minimum absolute atomic E-state index is 0.0112. The molecular weight excluding hydrogens is 322 g/mol. The molecule has 126 valence electrons. The summed E-state index contributed by atoms with van der Waals surface area (Å²) < 4.78 is 1.16. The number of nitrogens with zero attached hydrogens (tertiary/aromatic N) is 2. The second-order valence-electron chi connectivity index (χ2n) is 6.24. The number of amides is 2. The molecule has 6 heteroatoms. The third kappa shape index (κ3) is 3.83. The highest BCUT2D eigenvalue weighted by molar-refractivity contribution is 7.22. The SMILES string of the molecule is CN(C)C/C=C/C(=O)N1CC(C(=O)Nc2cc3ccccc3s2)C1. The Bertz CT molecular complexity index is 742. The lowest BCUT2D eigenvalue weighted by molar-refractivity contribution is -0.137. The van der Waals surface area contributed by atoms with Gasteiger partial charge >= 0.3 is 0 Å². The Hall–Kier alpha value is -2.18. The normalized spacial score (nSPS) is 15.2. The number of likely N-dealkylation sites (N-methyl/N-ethyl adjacent to an activating group) is 1. The van der Waals surface area contributed by atoms with Gasteiger partial charge in [0.25, 0.3) is 0 Å². The lowest BCUT2D eigenvalue weighted by Crippen LogP contribution is -2.53. The highest BCUT2D eigenvalue weighted by atomic mass is 32.1. The molecule has 1 aliphatic rings. The minimum Gasteiger partial charge on any atom is -0.337 e. The summed E-state index contributed by atoms with van der Waals surface area (Å²) in [6.45, 7) is 1.71. The van der Waals surface area contributed by atoms with E-state index in [9.17, 15) is 9.59 Å². The zero-order chi connectivity index (χ0) is 17.1. The summed E-state index contributed by atoms with van der Waals surface area (Å²) in [6.07, 6.45) is 3.42. The third-order valence-corrected chi connectivity index (χ3v) is 5.00. The van der Waals surface area contributed by atoms with Crippen LogP contribution in [-0.4, -0.2) is 55.3 Å². The number of rotatable bonds is 5. The molecule has 0 radical (unpaired) electrons. The fourth-order valence-corrected chi connectivity index (χ4v) is 3.53. The number of hydrogen-bond donors (Lipinski definition) is 1. The number of carbonyl (C=O) groups is 2. The maximum absolute atomic E-state index is 12.3. The average Bonchev–Trinajstić information content (AvgIpc) is 2.87. The van der Waals surface area contributed by atoms with Crippen LogP contribution < -0.4 is 5.32 Å². The molecule has 1 aliphatic heterocycles. The topological polar surface area (TPSA) is 52.7 Å². The molecule has 2 aromatic rings. The van der Waals surface area contributed by atoms with Crippen LogP contribution in [0.25, 0.3) is 10.1 Å². The first-order chi connectivity index (χ1) is 11.5. The Morgan fingerprint density at radius 2 is 2.08 bits per heavy atom. The van der Waals surface area contributed by atoms with Gasteiger partial charge in [0, 0.05) is 30.4 Å². The molecule has 1 saturated heterocycles. The standard InChI is InChI=1S/C18H21N3O2S/c1-20(2)9-5-8-17(22)21-11-14(12-21)18(23)19-16-10-13-6-3-4-7-15(13)24-16/h3-8,10,14H,9,11-12H2,1-2H3,(H,19,23)/b8-5+. The molecule has 5 nitrogen and oxygen atoms in total. The smallest absolute Gasteiger partial charge is 0.246 e. The van der Waals surface area contributed by atoms with E-state index < -0.39 is 0 Å². The van der Waals surface area contributed by atoms with Crippen molar-refractivity contribution in [2.45, 2.75) is 0 Å². The Labute approximate surface area is 145 Å². The molecule has 3 rings (SSSR count). The third-order valence-electron chi connectivity index (χ3n) is 3.97. The highest BCUT2D eigenvalue weighted by Crippen LogP contribution is 2.30. The summed E-state index contributed by atoms with van der Waals surface area (Å²) >= 11 is 1.57. The molecule has 1 aromatic carbocycles. The van der Waals surface area contributed by atoms with Crippen LogP contribution in [0.3, 0.4) is 0 Å². The fraction of sp³-hybridized carbons (Fsp3) is 0.333.